The van der Waals surface area contributed by atoms with Gasteiger partial charge in [0.1, 0.15) is 5.58 Å². The van der Waals surface area contributed by atoms with E-state index >= 15 is 0 Å². The van der Waals surface area contributed by atoms with Gasteiger partial charge in [0.05, 0.1) is 0 Å². The third kappa shape index (κ3) is 3.64. The molecule has 0 unspecified atom stereocenters. The lowest BCUT2D eigenvalue weighted by Gasteiger charge is -2.30. The highest BCUT2D eigenvalue weighted by molar-refractivity contribution is 5.85. The van der Waals surface area contributed by atoms with E-state index in [1.54, 1.807) is 6.07 Å². The molecule has 1 aromatic carbocycles. The van der Waals surface area contributed by atoms with Crippen LogP contribution in [0.1, 0.15) is 24.0 Å². The summed E-state index contributed by atoms with van der Waals surface area (Å²) < 4.78 is 5.30. The number of hydrogen-bond donors (Lipinski definition) is 1. The van der Waals surface area contributed by atoms with Crippen LogP contribution in [0, 0.1) is 6.92 Å². The molecule has 0 saturated carbocycles. The van der Waals surface area contributed by atoms with Crippen LogP contribution in [0.15, 0.2) is 33.5 Å². The maximum Gasteiger partial charge on any atom is 0.336 e. The molecule has 4 nitrogen and oxygen atoms in total. The second-order valence-corrected chi connectivity index (χ2v) is 5.70. The number of benzene rings is 1. The van der Waals surface area contributed by atoms with Gasteiger partial charge in [-0.15, -0.1) is 12.4 Å². The molecule has 1 aliphatic heterocycles. The minimum Gasteiger partial charge on any atom is -0.423 e. The molecule has 0 bridgehead atoms. The zero-order valence-electron chi connectivity index (χ0n) is 12.2. The molecule has 2 heterocycles. The standard InChI is InChI=1S/C16H20N2O2.ClH/c1-11-2-3-14-12(9-16(19)20-15(14)8-11)10-18-6-4-13(17)5-7-18;/h2-3,8-9,13H,4-7,10,17H2,1H3;1H. The molecule has 2 aromatic rings. The first kappa shape index (κ1) is 16.0. The molecule has 2 N–H and O–H groups in total. The van der Waals surface area contributed by atoms with Gasteiger partial charge in [-0.1, -0.05) is 12.1 Å². The molecule has 0 spiro atoms. The normalized spacial score (nSPS) is 16.9. The highest BCUT2D eigenvalue weighted by atomic mass is 35.5. The molecule has 0 atom stereocenters. The first-order valence-electron chi connectivity index (χ1n) is 7.13. The Kier molecular flexibility index (Phi) is 5.04. The van der Waals surface area contributed by atoms with Crippen molar-refractivity contribution in [3.05, 3.63) is 45.8 Å². The molecule has 1 saturated heterocycles. The van der Waals surface area contributed by atoms with Crippen molar-refractivity contribution in [3.8, 4) is 0 Å². The van der Waals surface area contributed by atoms with Gasteiger partial charge in [0.2, 0.25) is 0 Å². The Morgan fingerprint density at radius 2 is 2.00 bits per heavy atom. The van der Waals surface area contributed by atoms with E-state index in [0.717, 1.165) is 49.0 Å². The Morgan fingerprint density at radius 3 is 2.71 bits per heavy atom. The Balaban J connectivity index is 0.00000161. The Morgan fingerprint density at radius 1 is 1.29 bits per heavy atom. The van der Waals surface area contributed by atoms with Crippen molar-refractivity contribution in [2.75, 3.05) is 13.1 Å². The summed E-state index contributed by atoms with van der Waals surface area (Å²) in [5, 5.41) is 1.03. The highest BCUT2D eigenvalue weighted by Gasteiger charge is 2.17. The van der Waals surface area contributed by atoms with Gasteiger partial charge in [0.15, 0.2) is 0 Å². The van der Waals surface area contributed by atoms with Crippen molar-refractivity contribution in [3.63, 3.8) is 0 Å². The second-order valence-electron chi connectivity index (χ2n) is 5.70. The predicted molar refractivity (Wildman–Crippen MR) is 87.0 cm³/mol. The van der Waals surface area contributed by atoms with Gasteiger partial charge in [-0.25, -0.2) is 4.79 Å². The number of hydrogen-bond acceptors (Lipinski definition) is 4. The smallest absolute Gasteiger partial charge is 0.336 e. The third-order valence-electron chi connectivity index (χ3n) is 4.01. The molecule has 1 aliphatic rings. The summed E-state index contributed by atoms with van der Waals surface area (Å²) in [7, 11) is 0. The SMILES string of the molecule is Cc1ccc2c(CN3CCC(N)CC3)cc(=O)oc2c1.Cl. The highest BCUT2D eigenvalue weighted by Crippen LogP contribution is 2.21. The van der Waals surface area contributed by atoms with Crippen molar-refractivity contribution in [1.29, 1.82) is 0 Å². The molecule has 1 aromatic heterocycles. The van der Waals surface area contributed by atoms with Crippen LogP contribution in [-0.2, 0) is 6.54 Å². The van der Waals surface area contributed by atoms with Crippen LogP contribution in [0.5, 0.6) is 0 Å². The lowest BCUT2D eigenvalue weighted by atomic mass is 10.0. The Bertz CT molecular complexity index is 676. The zero-order chi connectivity index (χ0) is 14.1. The van der Waals surface area contributed by atoms with E-state index in [0.29, 0.717) is 11.6 Å². The van der Waals surface area contributed by atoms with Crippen LogP contribution in [0.4, 0.5) is 0 Å². The molecular weight excluding hydrogens is 288 g/mol. The lowest BCUT2D eigenvalue weighted by molar-refractivity contribution is 0.206. The number of rotatable bonds is 2. The van der Waals surface area contributed by atoms with Gasteiger partial charge in [-0.3, -0.25) is 4.90 Å². The summed E-state index contributed by atoms with van der Waals surface area (Å²) in [5.41, 5.74) is 8.49. The van der Waals surface area contributed by atoms with Crippen LogP contribution in [0.2, 0.25) is 0 Å². The van der Waals surface area contributed by atoms with Crippen molar-refractivity contribution in [2.45, 2.75) is 32.4 Å². The summed E-state index contributed by atoms with van der Waals surface area (Å²) in [6, 6.07) is 7.96. The average molecular weight is 309 g/mol. The summed E-state index contributed by atoms with van der Waals surface area (Å²) in [4.78, 5) is 14.1. The Labute approximate surface area is 130 Å². The lowest BCUT2D eigenvalue weighted by Crippen LogP contribution is -2.39. The molecule has 114 valence electrons. The molecule has 0 aliphatic carbocycles. The predicted octanol–water partition coefficient (Wildman–Crippen LogP) is 2.45. The summed E-state index contributed by atoms with van der Waals surface area (Å²) in [6.07, 6.45) is 2.05. The number of nitrogens with two attached hydrogens (primary N) is 1. The molecule has 0 amide bonds. The first-order valence-corrected chi connectivity index (χ1v) is 7.13. The maximum atomic E-state index is 11.7. The number of fused-ring (bicyclic) bond motifs is 1. The van der Waals surface area contributed by atoms with Gasteiger partial charge >= 0.3 is 5.63 Å². The van der Waals surface area contributed by atoms with E-state index in [4.69, 9.17) is 10.2 Å². The minimum absolute atomic E-state index is 0. The summed E-state index contributed by atoms with van der Waals surface area (Å²) in [5.74, 6) is 0. The largest absolute Gasteiger partial charge is 0.423 e. The van der Waals surface area contributed by atoms with Gasteiger partial charge in [0, 0.05) is 24.0 Å². The van der Waals surface area contributed by atoms with Gasteiger partial charge < -0.3 is 10.2 Å². The summed E-state index contributed by atoms with van der Waals surface area (Å²) in [6.45, 7) is 4.78. The zero-order valence-corrected chi connectivity index (χ0v) is 13.0. The van der Waals surface area contributed by atoms with Crippen molar-refractivity contribution < 1.29 is 4.42 Å². The number of aryl methyl sites for hydroxylation is 1. The van der Waals surface area contributed by atoms with Crippen LogP contribution in [0.25, 0.3) is 11.0 Å². The number of likely N-dealkylation sites (tertiary alicyclic amines) is 1. The number of halogens is 1. The van der Waals surface area contributed by atoms with Crippen molar-refractivity contribution in [1.82, 2.24) is 4.90 Å². The minimum atomic E-state index is -0.271. The van der Waals surface area contributed by atoms with E-state index in [1.165, 1.54) is 0 Å². The molecule has 5 heteroatoms. The molecule has 0 radical (unpaired) electrons. The topological polar surface area (TPSA) is 59.5 Å². The summed E-state index contributed by atoms with van der Waals surface area (Å²) >= 11 is 0. The monoisotopic (exact) mass is 308 g/mol. The first-order chi connectivity index (χ1) is 9.61. The van der Waals surface area contributed by atoms with Crippen LogP contribution < -0.4 is 11.4 Å². The van der Waals surface area contributed by atoms with Gasteiger partial charge in [0.25, 0.3) is 0 Å². The maximum absolute atomic E-state index is 11.7. The van der Waals surface area contributed by atoms with Crippen molar-refractivity contribution >= 4 is 23.4 Å². The van der Waals surface area contributed by atoms with E-state index in [1.807, 2.05) is 19.1 Å². The molecule has 21 heavy (non-hydrogen) atoms. The Hall–Kier alpha value is -1.36. The van der Waals surface area contributed by atoms with E-state index in [-0.39, 0.29) is 18.0 Å². The second kappa shape index (κ2) is 6.60. The fourth-order valence-electron chi connectivity index (χ4n) is 2.82. The average Bonchev–Trinajstić information content (AvgIpc) is 2.40. The number of nitrogens with zero attached hydrogens (tertiary/aromatic N) is 1. The van der Waals surface area contributed by atoms with Gasteiger partial charge in [-0.05, 0) is 50.0 Å². The molecular formula is C16H21ClN2O2. The molecule has 1 fully saturated rings. The van der Waals surface area contributed by atoms with Crippen LogP contribution in [0.3, 0.4) is 0 Å². The van der Waals surface area contributed by atoms with E-state index < -0.39 is 0 Å². The number of piperidine rings is 1. The fourth-order valence-corrected chi connectivity index (χ4v) is 2.82. The molecule has 3 rings (SSSR count). The third-order valence-corrected chi connectivity index (χ3v) is 4.01. The van der Waals surface area contributed by atoms with Gasteiger partial charge in [-0.2, -0.15) is 0 Å². The van der Waals surface area contributed by atoms with Crippen molar-refractivity contribution in [2.24, 2.45) is 5.73 Å². The quantitative estimate of drug-likeness (QED) is 0.866. The van der Waals surface area contributed by atoms with E-state index in [2.05, 4.69) is 11.0 Å². The fraction of sp³-hybridized carbons (Fsp3) is 0.438. The van der Waals surface area contributed by atoms with E-state index in [9.17, 15) is 4.79 Å². The van der Waals surface area contributed by atoms with Crippen LogP contribution in [-0.4, -0.2) is 24.0 Å². The van der Waals surface area contributed by atoms with Crippen LogP contribution >= 0.6 is 12.4 Å².